The summed E-state index contributed by atoms with van der Waals surface area (Å²) >= 11 is 0. The topological polar surface area (TPSA) is 96.6 Å². The minimum atomic E-state index is -0.597. The Bertz CT molecular complexity index is 1460. The lowest BCUT2D eigenvalue weighted by atomic mass is 10.1. The number of rotatable bonds is 11. The van der Waals surface area contributed by atoms with Crippen LogP contribution in [-0.2, 0) is 31.0 Å². The fourth-order valence-electron chi connectivity index (χ4n) is 4.06. The van der Waals surface area contributed by atoms with Gasteiger partial charge in [0, 0.05) is 32.1 Å². The number of pyridine rings is 1. The molecule has 2 aromatic heterocycles. The van der Waals surface area contributed by atoms with Gasteiger partial charge in [0.1, 0.15) is 11.4 Å². The number of ether oxygens (including phenoxy) is 3. The highest BCUT2D eigenvalue weighted by Gasteiger charge is 2.20. The molecule has 9 nitrogen and oxygen atoms in total. The van der Waals surface area contributed by atoms with Crippen LogP contribution in [0, 0.1) is 5.82 Å². The van der Waals surface area contributed by atoms with Crippen LogP contribution in [0.25, 0.3) is 0 Å². The van der Waals surface area contributed by atoms with E-state index in [0.717, 1.165) is 11.1 Å². The Morgan fingerprint density at radius 3 is 2.29 bits per heavy atom. The summed E-state index contributed by atoms with van der Waals surface area (Å²) in [7, 11) is 4.33. The van der Waals surface area contributed by atoms with E-state index >= 15 is 0 Å². The number of hydrogen-bond acceptors (Lipinski definition) is 6. The number of hydrogen-bond donors (Lipinski definition) is 1. The van der Waals surface area contributed by atoms with E-state index < -0.39 is 11.7 Å². The molecule has 2 heterocycles. The van der Waals surface area contributed by atoms with Gasteiger partial charge in [0.15, 0.2) is 11.6 Å². The van der Waals surface area contributed by atoms with Crippen LogP contribution in [0.15, 0.2) is 71.8 Å². The molecule has 2 aromatic carbocycles. The minimum absolute atomic E-state index is 0.0582. The maximum atomic E-state index is 14.8. The van der Waals surface area contributed by atoms with E-state index in [0.29, 0.717) is 30.1 Å². The first-order chi connectivity index (χ1) is 18.4. The molecule has 198 valence electrons. The molecule has 10 heteroatoms. The van der Waals surface area contributed by atoms with Crippen molar-refractivity contribution in [3.05, 3.63) is 111 Å². The zero-order valence-electron chi connectivity index (χ0n) is 21.4. The number of benzene rings is 2. The van der Waals surface area contributed by atoms with Gasteiger partial charge in [0.2, 0.25) is 0 Å². The molecule has 4 rings (SSSR count). The van der Waals surface area contributed by atoms with E-state index in [2.05, 4.69) is 10.4 Å². The Balaban J connectivity index is 1.47. The van der Waals surface area contributed by atoms with E-state index in [1.807, 2.05) is 30.3 Å². The van der Waals surface area contributed by atoms with Gasteiger partial charge in [-0.25, -0.2) is 4.39 Å². The van der Waals surface area contributed by atoms with Crippen molar-refractivity contribution in [3.63, 3.8) is 0 Å². The summed E-state index contributed by atoms with van der Waals surface area (Å²) in [6.07, 6.45) is 3.39. The second-order valence-electron chi connectivity index (χ2n) is 8.55. The van der Waals surface area contributed by atoms with Gasteiger partial charge in [-0.2, -0.15) is 5.10 Å². The number of aromatic nitrogens is 3. The zero-order valence-corrected chi connectivity index (χ0v) is 21.4. The van der Waals surface area contributed by atoms with Crippen molar-refractivity contribution in [1.82, 2.24) is 19.7 Å². The van der Waals surface area contributed by atoms with E-state index in [4.69, 9.17) is 14.2 Å². The van der Waals surface area contributed by atoms with Crippen molar-refractivity contribution in [2.45, 2.75) is 26.2 Å². The van der Waals surface area contributed by atoms with Crippen LogP contribution in [0.5, 0.6) is 11.5 Å². The highest BCUT2D eigenvalue weighted by Crippen LogP contribution is 2.28. The van der Waals surface area contributed by atoms with Gasteiger partial charge in [0.05, 0.1) is 45.0 Å². The maximum Gasteiger partial charge on any atom is 0.255 e. The fourth-order valence-corrected chi connectivity index (χ4v) is 4.06. The van der Waals surface area contributed by atoms with Gasteiger partial charge in [-0.1, -0.05) is 30.3 Å². The zero-order chi connectivity index (χ0) is 27.1. The summed E-state index contributed by atoms with van der Waals surface area (Å²) in [5, 5.41) is 7.26. The van der Waals surface area contributed by atoms with Gasteiger partial charge in [0.25, 0.3) is 11.5 Å². The molecule has 0 aliphatic rings. The lowest BCUT2D eigenvalue weighted by Crippen LogP contribution is -2.24. The predicted octanol–water partition coefficient (Wildman–Crippen LogP) is 3.37. The molecule has 38 heavy (non-hydrogen) atoms. The molecule has 0 atom stereocenters. The Labute approximate surface area is 219 Å². The highest BCUT2D eigenvalue weighted by atomic mass is 19.1. The Hall–Kier alpha value is -4.44. The lowest BCUT2D eigenvalue weighted by Gasteiger charge is -2.13. The van der Waals surface area contributed by atoms with Crippen LogP contribution in [-0.4, -0.2) is 41.6 Å². The van der Waals surface area contributed by atoms with Gasteiger partial charge in [-0.3, -0.25) is 14.3 Å². The van der Waals surface area contributed by atoms with Crippen LogP contribution >= 0.6 is 0 Å². The summed E-state index contributed by atoms with van der Waals surface area (Å²) in [5.41, 5.74) is 2.87. The molecule has 0 aliphatic heterocycles. The molecule has 1 amide bonds. The summed E-state index contributed by atoms with van der Waals surface area (Å²) in [4.78, 5) is 25.0. The van der Waals surface area contributed by atoms with Crippen LogP contribution in [0.1, 0.15) is 32.7 Å². The first-order valence-electron chi connectivity index (χ1n) is 11.9. The summed E-state index contributed by atoms with van der Waals surface area (Å²) < 4.78 is 33.6. The minimum Gasteiger partial charge on any atom is -0.496 e. The number of amides is 1. The summed E-state index contributed by atoms with van der Waals surface area (Å²) in [6, 6.07) is 15.9. The normalized spacial score (nSPS) is 10.8. The molecule has 0 saturated carbocycles. The van der Waals surface area contributed by atoms with Crippen molar-refractivity contribution in [2.75, 3.05) is 21.3 Å². The molecule has 1 N–H and O–H groups in total. The second kappa shape index (κ2) is 12.2. The third-order valence-corrected chi connectivity index (χ3v) is 6.01. The molecule has 4 aromatic rings. The standard InChI is InChI=1S/C28H29FN4O5/c1-36-18-23-22(28(35)30-14-21-24(37-2)11-12-25(38-3)27(21)29)17-33(31-23)16-20-9-7-19(8-10-20)15-32-13-5-4-6-26(32)34/h4-13,17H,14-16,18H2,1-3H3,(H,30,35). The van der Waals surface area contributed by atoms with Gasteiger partial charge in [-0.05, 0) is 29.3 Å². The van der Waals surface area contributed by atoms with Crippen LogP contribution in [0.2, 0.25) is 0 Å². The second-order valence-corrected chi connectivity index (χ2v) is 8.55. The number of methoxy groups -OCH3 is 3. The van der Waals surface area contributed by atoms with Gasteiger partial charge >= 0.3 is 0 Å². The van der Waals surface area contributed by atoms with Crippen molar-refractivity contribution < 1.29 is 23.4 Å². The molecule has 0 fully saturated rings. The summed E-state index contributed by atoms with van der Waals surface area (Å²) in [5.74, 6) is -0.654. The van der Waals surface area contributed by atoms with E-state index in [1.54, 1.807) is 33.8 Å². The van der Waals surface area contributed by atoms with Gasteiger partial charge < -0.3 is 24.1 Å². The summed E-state index contributed by atoms with van der Waals surface area (Å²) in [6.45, 7) is 0.933. The van der Waals surface area contributed by atoms with E-state index in [-0.39, 0.29) is 30.0 Å². The smallest absolute Gasteiger partial charge is 0.255 e. The quantitative estimate of drug-likeness (QED) is 0.326. The van der Waals surface area contributed by atoms with Crippen molar-refractivity contribution in [1.29, 1.82) is 0 Å². The molecule has 0 aliphatic carbocycles. The Morgan fingerprint density at radius 2 is 1.63 bits per heavy atom. The maximum absolute atomic E-state index is 14.8. The Morgan fingerprint density at radius 1 is 0.947 bits per heavy atom. The fraction of sp³-hybridized carbons (Fsp3) is 0.250. The highest BCUT2D eigenvalue weighted by molar-refractivity contribution is 5.95. The Kier molecular flexibility index (Phi) is 8.55. The van der Waals surface area contributed by atoms with Crippen LogP contribution < -0.4 is 20.3 Å². The molecule has 0 saturated heterocycles. The largest absolute Gasteiger partial charge is 0.496 e. The molecule has 0 bridgehead atoms. The first kappa shape index (κ1) is 26.6. The lowest BCUT2D eigenvalue weighted by molar-refractivity contribution is 0.0945. The molecular weight excluding hydrogens is 491 g/mol. The monoisotopic (exact) mass is 520 g/mol. The van der Waals surface area contributed by atoms with E-state index in [1.165, 1.54) is 33.5 Å². The SMILES string of the molecule is COCc1nn(Cc2ccc(Cn3ccccc3=O)cc2)cc1C(=O)NCc1c(OC)ccc(OC)c1F. The third-order valence-electron chi connectivity index (χ3n) is 6.01. The van der Waals surface area contributed by atoms with Gasteiger partial charge in [-0.15, -0.1) is 0 Å². The number of carbonyl (C=O) groups is 1. The predicted molar refractivity (Wildman–Crippen MR) is 139 cm³/mol. The van der Waals surface area contributed by atoms with E-state index in [9.17, 15) is 14.0 Å². The van der Waals surface area contributed by atoms with Crippen molar-refractivity contribution in [3.8, 4) is 11.5 Å². The number of halogens is 1. The van der Waals surface area contributed by atoms with Crippen molar-refractivity contribution >= 4 is 5.91 Å². The number of carbonyl (C=O) groups excluding carboxylic acids is 1. The van der Waals surface area contributed by atoms with Crippen LogP contribution in [0.3, 0.4) is 0 Å². The number of nitrogens with one attached hydrogen (secondary N) is 1. The molecule has 0 radical (unpaired) electrons. The molecule has 0 unspecified atom stereocenters. The third kappa shape index (κ3) is 6.09. The molecule has 0 spiro atoms. The van der Waals surface area contributed by atoms with Crippen LogP contribution in [0.4, 0.5) is 4.39 Å². The number of nitrogens with zero attached hydrogens (tertiary/aromatic N) is 3. The van der Waals surface area contributed by atoms with Crippen molar-refractivity contribution in [2.24, 2.45) is 0 Å². The molecular formula is C28H29FN4O5. The average Bonchev–Trinajstić information content (AvgIpc) is 3.32. The average molecular weight is 521 g/mol. The first-order valence-corrected chi connectivity index (χ1v) is 11.9.